The second-order valence-corrected chi connectivity index (χ2v) is 11.1. The molecule has 1 aliphatic heterocycles. The molecule has 1 saturated heterocycles. The average molecular weight is 507 g/mol. The lowest BCUT2D eigenvalue weighted by molar-refractivity contribution is -0.137. The fourth-order valence-corrected chi connectivity index (χ4v) is 4.86. The molecule has 35 heavy (non-hydrogen) atoms. The monoisotopic (exact) mass is 506 g/mol. The second kappa shape index (κ2) is 10.1. The largest absolute Gasteiger partial charge is 0.416 e. The van der Waals surface area contributed by atoms with Crippen LogP contribution in [0, 0.1) is 6.92 Å². The summed E-state index contributed by atoms with van der Waals surface area (Å²) in [4.78, 5) is 10.5. The van der Waals surface area contributed by atoms with Crippen LogP contribution in [0.25, 0.3) is 11.4 Å². The number of likely N-dealkylation sites (tertiary alicyclic amines) is 1. The topological polar surface area (TPSA) is 78.1 Å². The van der Waals surface area contributed by atoms with Gasteiger partial charge < -0.3 is 10.3 Å². The van der Waals surface area contributed by atoms with E-state index in [4.69, 9.17) is 0 Å². The van der Waals surface area contributed by atoms with Crippen LogP contribution >= 0.6 is 0 Å². The first-order valence-corrected chi connectivity index (χ1v) is 13.4. The Morgan fingerprint density at radius 2 is 1.69 bits per heavy atom. The Kier molecular flexibility index (Phi) is 7.35. The molecule has 1 aliphatic rings. The first kappa shape index (κ1) is 25.4. The Bertz CT molecular complexity index is 1250. The van der Waals surface area contributed by atoms with Crippen molar-refractivity contribution in [1.29, 1.82) is 0 Å². The maximum absolute atomic E-state index is 12.8. The van der Waals surface area contributed by atoms with Crippen molar-refractivity contribution in [1.82, 2.24) is 20.2 Å². The molecule has 0 spiro atoms. The van der Waals surface area contributed by atoms with Crippen LogP contribution in [0.2, 0.25) is 0 Å². The average Bonchev–Trinajstić information content (AvgIpc) is 3.18. The highest BCUT2D eigenvalue weighted by atomic mass is 32.2. The second-order valence-electron chi connectivity index (χ2n) is 9.08. The van der Waals surface area contributed by atoms with E-state index in [0.717, 1.165) is 55.0 Å². The molecule has 0 bridgehead atoms. The van der Waals surface area contributed by atoms with E-state index >= 15 is 0 Å². The first-order chi connectivity index (χ1) is 16.5. The van der Waals surface area contributed by atoms with Gasteiger partial charge in [-0.1, -0.05) is 24.3 Å². The van der Waals surface area contributed by atoms with Crippen LogP contribution in [0.3, 0.4) is 0 Å². The number of imidazole rings is 1. The standard InChI is InChI=1S/C25H29F3N4O2S/c1-17-23(31-24(30-17)19-5-7-20(8-6-19)25(26,27)28)16-32-13-11-21(12-14-32)29-15-18-3-9-22(10-4-18)35(2,33)34/h3-10,21,29H,11-16H2,1-2H3,(H,30,31). The number of nitrogens with zero attached hydrogens (tertiary/aromatic N) is 2. The molecule has 2 heterocycles. The van der Waals surface area contributed by atoms with Crippen molar-refractivity contribution in [3.63, 3.8) is 0 Å². The van der Waals surface area contributed by atoms with Gasteiger partial charge in [0.25, 0.3) is 0 Å². The van der Waals surface area contributed by atoms with Crippen LogP contribution in [0.1, 0.15) is 35.4 Å². The van der Waals surface area contributed by atoms with Crippen molar-refractivity contribution in [2.75, 3.05) is 19.3 Å². The number of hydrogen-bond donors (Lipinski definition) is 2. The fraction of sp³-hybridized carbons (Fsp3) is 0.400. The van der Waals surface area contributed by atoms with Gasteiger partial charge in [0.15, 0.2) is 9.84 Å². The van der Waals surface area contributed by atoms with Crippen molar-refractivity contribution in [3.05, 3.63) is 71.0 Å². The SMILES string of the molecule is Cc1[nH]c(-c2ccc(C(F)(F)F)cc2)nc1CN1CCC(NCc2ccc(S(C)(=O)=O)cc2)CC1. The summed E-state index contributed by atoms with van der Waals surface area (Å²) < 4.78 is 61.6. The maximum Gasteiger partial charge on any atom is 0.416 e. The number of aromatic amines is 1. The van der Waals surface area contributed by atoms with Crippen molar-refractivity contribution in [2.24, 2.45) is 0 Å². The lowest BCUT2D eigenvalue weighted by Gasteiger charge is -2.32. The number of sulfone groups is 1. The third kappa shape index (κ3) is 6.50. The molecule has 0 amide bonds. The van der Waals surface area contributed by atoms with Gasteiger partial charge in [0.2, 0.25) is 0 Å². The predicted molar refractivity (Wildman–Crippen MR) is 128 cm³/mol. The molecule has 0 radical (unpaired) electrons. The van der Waals surface area contributed by atoms with E-state index in [9.17, 15) is 21.6 Å². The summed E-state index contributed by atoms with van der Waals surface area (Å²) in [5.74, 6) is 0.574. The molecule has 4 rings (SSSR count). The Labute approximate surface area is 203 Å². The van der Waals surface area contributed by atoms with Crippen molar-refractivity contribution < 1.29 is 21.6 Å². The van der Waals surface area contributed by atoms with Crippen LogP contribution in [0.5, 0.6) is 0 Å². The lowest BCUT2D eigenvalue weighted by atomic mass is 10.0. The number of aromatic nitrogens is 2. The molecule has 10 heteroatoms. The molecular formula is C25H29F3N4O2S. The van der Waals surface area contributed by atoms with Gasteiger partial charge in [-0.15, -0.1) is 0 Å². The van der Waals surface area contributed by atoms with Crippen molar-refractivity contribution >= 4 is 9.84 Å². The van der Waals surface area contributed by atoms with Gasteiger partial charge in [-0.3, -0.25) is 4.90 Å². The lowest BCUT2D eigenvalue weighted by Crippen LogP contribution is -2.42. The summed E-state index contributed by atoms with van der Waals surface area (Å²) in [5, 5.41) is 3.55. The number of H-pyrrole nitrogens is 1. The van der Waals surface area contributed by atoms with Gasteiger partial charge in [0.05, 0.1) is 16.2 Å². The molecule has 0 saturated carbocycles. The Hall–Kier alpha value is -2.69. The van der Waals surface area contributed by atoms with E-state index < -0.39 is 21.6 Å². The molecule has 0 unspecified atom stereocenters. The number of halogens is 3. The highest BCUT2D eigenvalue weighted by molar-refractivity contribution is 7.90. The van der Waals surface area contributed by atoms with Crippen LogP contribution in [-0.4, -0.2) is 48.7 Å². The predicted octanol–water partition coefficient (Wildman–Crippen LogP) is 4.56. The zero-order valence-electron chi connectivity index (χ0n) is 19.7. The van der Waals surface area contributed by atoms with Gasteiger partial charge in [-0.25, -0.2) is 13.4 Å². The molecule has 0 atom stereocenters. The zero-order valence-corrected chi connectivity index (χ0v) is 20.5. The number of piperidine rings is 1. The van der Waals surface area contributed by atoms with E-state index in [-0.39, 0.29) is 0 Å². The number of aryl methyl sites for hydroxylation is 1. The number of benzene rings is 2. The smallest absolute Gasteiger partial charge is 0.342 e. The van der Waals surface area contributed by atoms with Gasteiger partial charge in [0.1, 0.15) is 5.82 Å². The van der Waals surface area contributed by atoms with E-state index in [2.05, 4.69) is 20.2 Å². The van der Waals surface area contributed by atoms with E-state index in [1.807, 2.05) is 19.1 Å². The number of alkyl halides is 3. The normalized spacial score (nSPS) is 16.0. The number of rotatable bonds is 7. The molecule has 3 aromatic rings. The van der Waals surface area contributed by atoms with Gasteiger partial charge in [-0.05, 0) is 49.6 Å². The summed E-state index contributed by atoms with van der Waals surface area (Å²) >= 11 is 0. The maximum atomic E-state index is 12.8. The molecule has 188 valence electrons. The fourth-order valence-electron chi connectivity index (χ4n) is 4.23. The van der Waals surface area contributed by atoms with Crippen LogP contribution in [0.4, 0.5) is 13.2 Å². The molecule has 2 N–H and O–H groups in total. The minimum Gasteiger partial charge on any atom is -0.342 e. The number of hydrogen-bond acceptors (Lipinski definition) is 5. The van der Waals surface area contributed by atoms with E-state index in [1.165, 1.54) is 18.4 Å². The highest BCUT2D eigenvalue weighted by Crippen LogP contribution is 2.30. The quantitative estimate of drug-likeness (QED) is 0.491. The minimum atomic E-state index is -4.35. The van der Waals surface area contributed by atoms with E-state index in [0.29, 0.717) is 35.4 Å². The Balaban J connectivity index is 1.28. The van der Waals surface area contributed by atoms with Gasteiger partial charge >= 0.3 is 6.18 Å². The van der Waals surface area contributed by atoms with Gasteiger partial charge in [0, 0.05) is 49.7 Å². The summed E-state index contributed by atoms with van der Waals surface area (Å²) in [6.45, 7) is 5.12. The first-order valence-electron chi connectivity index (χ1n) is 11.5. The highest BCUT2D eigenvalue weighted by Gasteiger charge is 2.30. The van der Waals surface area contributed by atoms with Crippen LogP contribution < -0.4 is 5.32 Å². The molecular weight excluding hydrogens is 477 g/mol. The number of nitrogens with one attached hydrogen (secondary N) is 2. The van der Waals surface area contributed by atoms with Crippen LogP contribution in [-0.2, 0) is 29.1 Å². The summed E-state index contributed by atoms with van der Waals surface area (Å²) in [6.07, 6.45) is -1.19. The van der Waals surface area contributed by atoms with E-state index in [1.54, 1.807) is 12.1 Å². The molecule has 6 nitrogen and oxygen atoms in total. The molecule has 0 aliphatic carbocycles. The zero-order chi connectivity index (χ0) is 25.2. The summed E-state index contributed by atoms with van der Waals surface area (Å²) in [5.41, 5.74) is 2.81. The van der Waals surface area contributed by atoms with Crippen LogP contribution in [0.15, 0.2) is 53.4 Å². The summed E-state index contributed by atoms with van der Waals surface area (Å²) in [6, 6.07) is 12.4. The minimum absolute atomic E-state index is 0.324. The Morgan fingerprint density at radius 1 is 1.06 bits per heavy atom. The Morgan fingerprint density at radius 3 is 2.26 bits per heavy atom. The van der Waals surface area contributed by atoms with Crippen molar-refractivity contribution in [2.45, 2.75) is 50.0 Å². The van der Waals surface area contributed by atoms with Gasteiger partial charge in [-0.2, -0.15) is 13.2 Å². The molecule has 1 aromatic heterocycles. The third-order valence-electron chi connectivity index (χ3n) is 6.38. The third-order valence-corrected chi connectivity index (χ3v) is 7.51. The van der Waals surface area contributed by atoms with Crippen molar-refractivity contribution in [3.8, 4) is 11.4 Å². The summed E-state index contributed by atoms with van der Waals surface area (Å²) in [7, 11) is -3.19. The molecule has 1 fully saturated rings. The molecule has 2 aromatic carbocycles.